The van der Waals surface area contributed by atoms with Crippen molar-refractivity contribution in [2.75, 3.05) is 5.32 Å². The number of carbonyl (C=O) groups excluding carboxylic acids is 1. The van der Waals surface area contributed by atoms with Crippen LogP contribution in [0.4, 0.5) is 11.4 Å². The molecule has 1 aromatic carbocycles. The summed E-state index contributed by atoms with van der Waals surface area (Å²) < 4.78 is 0. The number of benzene rings is 1. The first-order valence-corrected chi connectivity index (χ1v) is 7.08. The minimum Gasteiger partial charge on any atom is -0.327 e. The van der Waals surface area contributed by atoms with Crippen molar-refractivity contribution in [3.8, 4) is 0 Å². The monoisotopic (exact) mass is 291 g/mol. The van der Waals surface area contributed by atoms with E-state index in [2.05, 4.69) is 5.32 Å². The second-order valence-electron chi connectivity index (χ2n) is 6.08. The van der Waals surface area contributed by atoms with Gasteiger partial charge in [-0.3, -0.25) is 14.9 Å². The van der Waals surface area contributed by atoms with Gasteiger partial charge in [0.1, 0.15) is 0 Å². The Labute approximate surface area is 123 Å². The number of hydrogen-bond donors (Lipinski definition) is 2. The highest BCUT2D eigenvalue weighted by Gasteiger charge is 2.43. The number of anilines is 1. The third-order valence-corrected chi connectivity index (χ3v) is 4.54. The Morgan fingerprint density at radius 2 is 2.10 bits per heavy atom. The number of nitrogens with zero attached hydrogens (tertiary/aromatic N) is 1. The summed E-state index contributed by atoms with van der Waals surface area (Å²) >= 11 is 0. The summed E-state index contributed by atoms with van der Waals surface area (Å²) in [5, 5.41) is 13.8. The zero-order valence-corrected chi connectivity index (χ0v) is 12.6. The highest BCUT2D eigenvalue weighted by atomic mass is 16.6. The summed E-state index contributed by atoms with van der Waals surface area (Å²) in [6, 6.07) is 2.97. The number of aryl methyl sites for hydroxylation is 2. The molecule has 2 atom stereocenters. The van der Waals surface area contributed by atoms with Crippen LogP contribution in [0.25, 0.3) is 0 Å². The van der Waals surface area contributed by atoms with E-state index < -0.39 is 10.3 Å². The van der Waals surface area contributed by atoms with Crippen LogP contribution >= 0.6 is 0 Å². The highest BCUT2D eigenvalue weighted by molar-refractivity contribution is 5.96. The van der Waals surface area contributed by atoms with Crippen molar-refractivity contribution in [1.29, 1.82) is 0 Å². The number of rotatable bonds is 3. The Kier molecular flexibility index (Phi) is 4.00. The Morgan fingerprint density at radius 3 is 2.62 bits per heavy atom. The molecule has 0 aliphatic heterocycles. The van der Waals surface area contributed by atoms with Crippen LogP contribution in [0.15, 0.2) is 12.1 Å². The maximum atomic E-state index is 12.5. The van der Waals surface area contributed by atoms with Gasteiger partial charge < -0.3 is 11.1 Å². The smallest absolute Gasteiger partial charge is 0.274 e. The van der Waals surface area contributed by atoms with E-state index in [9.17, 15) is 14.9 Å². The summed E-state index contributed by atoms with van der Waals surface area (Å²) in [6.45, 7) is 5.37. The fraction of sp³-hybridized carbons (Fsp3) is 0.533. The first-order chi connectivity index (χ1) is 9.75. The van der Waals surface area contributed by atoms with E-state index in [0.29, 0.717) is 11.3 Å². The van der Waals surface area contributed by atoms with Crippen LogP contribution < -0.4 is 11.1 Å². The number of nitro benzene ring substituents is 1. The molecular formula is C15H21N3O3. The van der Waals surface area contributed by atoms with E-state index in [-0.39, 0.29) is 17.6 Å². The number of nitrogens with two attached hydrogens (primary N) is 1. The molecule has 1 saturated carbocycles. The van der Waals surface area contributed by atoms with Crippen LogP contribution in [0, 0.1) is 29.4 Å². The molecule has 2 unspecified atom stereocenters. The Bertz CT molecular complexity index is 600. The van der Waals surface area contributed by atoms with Crippen molar-refractivity contribution in [2.45, 2.75) is 46.1 Å². The summed E-state index contributed by atoms with van der Waals surface area (Å²) in [4.78, 5) is 23.1. The first kappa shape index (κ1) is 15.4. The van der Waals surface area contributed by atoms with E-state index in [4.69, 9.17) is 5.73 Å². The van der Waals surface area contributed by atoms with Crippen molar-refractivity contribution < 1.29 is 9.72 Å². The fourth-order valence-corrected chi connectivity index (χ4v) is 2.91. The lowest BCUT2D eigenvalue weighted by Gasteiger charge is -2.27. The summed E-state index contributed by atoms with van der Waals surface area (Å²) in [7, 11) is 0. The van der Waals surface area contributed by atoms with Gasteiger partial charge in [0.05, 0.1) is 16.0 Å². The molecule has 6 heteroatoms. The molecule has 0 bridgehead atoms. The molecule has 0 radical (unpaired) electrons. The number of amides is 1. The SMILES string of the molecule is Cc1cc(C)c([N+](=O)[O-])cc1NC(=O)C1(C)CCCC1N. The minimum absolute atomic E-state index is 0.0109. The maximum Gasteiger partial charge on any atom is 0.274 e. The fourth-order valence-electron chi connectivity index (χ4n) is 2.91. The molecule has 1 amide bonds. The lowest BCUT2D eigenvalue weighted by Crippen LogP contribution is -2.44. The van der Waals surface area contributed by atoms with Crippen LogP contribution in [-0.4, -0.2) is 16.9 Å². The molecule has 1 fully saturated rings. The predicted molar refractivity (Wildman–Crippen MR) is 81.1 cm³/mol. The molecule has 1 aliphatic carbocycles. The average Bonchev–Trinajstić information content (AvgIpc) is 2.73. The molecule has 0 saturated heterocycles. The minimum atomic E-state index is -0.605. The van der Waals surface area contributed by atoms with Gasteiger partial charge in [-0.2, -0.15) is 0 Å². The second kappa shape index (κ2) is 5.44. The van der Waals surface area contributed by atoms with Gasteiger partial charge in [0.15, 0.2) is 0 Å². The summed E-state index contributed by atoms with van der Waals surface area (Å²) in [6.07, 6.45) is 2.50. The molecule has 3 N–H and O–H groups in total. The normalized spacial score (nSPS) is 24.9. The van der Waals surface area contributed by atoms with Gasteiger partial charge in [0.25, 0.3) is 5.69 Å². The molecule has 2 rings (SSSR count). The van der Waals surface area contributed by atoms with Gasteiger partial charge in [-0.25, -0.2) is 0 Å². The third kappa shape index (κ3) is 2.76. The van der Waals surface area contributed by atoms with Crippen molar-refractivity contribution in [2.24, 2.45) is 11.1 Å². The van der Waals surface area contributed by atoms with Gasteiger partial charge >= 0.3 is 0 Å². The topological polar surface area (TPSA) is 98.3 Å². The Hall–Kier alpha value is -1.95. The zero-order chi connectivity index (χ0) is 15.8. The van der Waals surface area contributed by atoms with Crippen LogP contribution in [0.2, 0.25) is 0 Å². The molecule has 21 heavy (non-hydrogen) atoms. The van der Waals surface area contributed by atoms with Gasteiger partial charge in [-0.05, 0) is 45.2 Å². The summed E-state index contributed by atoms with van der Waals surface area (Å²) in [5.41, 5.74) is 7.32. The van der Waals surface area contributed by atoms with Crippen LogP contribution in [0.5, 0.6) is 0 Å². The zero-order valence-electron chi connectivity index (χ0n) is 12.6. The van der Waals surface area contributed by atoms with Crippen molar-refractivity contribution >= 4 is 17.3 Å². The van der Waals surface area contributed by atoms with E-state index in [1.54, 1.807) is 13.0 Å². The predicted octanol–water partition coefficient (Wildman–Crippen LogP) is 2.67. The van der Waals surface area contributed by atoms with Gasteiger partial charge in [-0.15, -0.1) is 0 Å². The van der Waals surface area contributed by atoms with Gasteiger partial charge in [0, 0.05) is 17.7 Å². The van der Waals surface area contributed by atoms with Gasteiger partial charge in [-0.1, -0.05) is 6.42 Å². The van der Waals surface area contributed by atoms with E-state index >= 15 is 0 Å². The second-order valence-corrected chi connectivity index (χ2v) is 6.08. The van der Waals surface area contributed by atoms with E-state index in [1.165, 1.54) is 6.07 Å². The van der Waals surface area contributed by atoms with Gasteiger partial charge in [0.2, 0.25) is 5.91 Å². The Morgan fingerprint density at radius 1 is 1.43 bits per heavy atom. The van der Waals surface area contributed by atoms with E-state index in [1.807, 2.05) is 13.8 Å². The number of nitrogens with one attached hydrogen (secondary N) is 1. The number of nitro groups is 1. The van der Waals surface area contributed by atoms with E-state index in [0.717, 1.165) is 24.8 Å². The molecule has 114 valence electrons. The van der Waals surface area contributed by atoms with Crippen LogP contribution in [0.1, 0.15) is 37.3 Å². The van der Waals surface area contributed by atoms with Crippen LogP contribution in [0.3, 0.4) is 0 Å². The molecular weight excluding hydrogens is 270 g/mol. The molecule has 0 spiro atoms. The maximum absolute atomic E-state index is 12.5. The van der Waals surface area contributed by atoms with Crippen molar-refractivity contribution in [3.05, 3.63) is 33.4 Å². The summed E-state index contributed by atoms with van der Waals surface area (Å²) in [5.74, 6) is -0.159. The number of carbonyl (C=O) groups is 1. The lowest BCUT2D eigenvalue weighted by atomic mass is 9.84. The molecule has 0 aromatic heterocycles. The van der Waals surface area contributed by atoms with Crippen molar-refractivity contribution in [3.63, 3.8) is 0 Å². The molecule has 6 nitrogen and oxygen atoms in total. The Balaban J connectivity index is 2.29. The highest BCUT2D eigenvalue weighted by Crippen LogP contribution is 2.38. The van der Waals surface area contributed by atoms with Crippen LogP contribution in [-0.2, 0) is 4.79 Å². The standard InChI is InChI=1S/C15H21N3O3/c1-9-7-10(2)12(18(20)21)8-11(9)17-14(19)15(3)6-4-5-13(15)16/h7-8,13H,4-6,16H2,1-3H3,(H,17,19). The third-order valence-electron chi connectivity index (χ3n) is 4.54. The molecule has 1 aliphatic rings. The lowest BCUT2D eigenvalue weighted by molar-refractivity contribution is -0.385. The quantitative estimate of drug-likeness (QED) is 0.660. The average molecular weight is 291 g/mol. The molecule has 0 heterocycles. The number of hydrogen-bond acceptors (Lipinski definition) is 4. The molecule has 1 aromatic rings. The largest absolute Gasteiger partial charge is 0.327 e. The van der Waals surface area contributed by atoms with Crippen molar-refractivity contribution in [1.82, 2.24) is 0 Å². The first-order valence-electron chi connectivity index (χ1n) is 7.08.